The van der Waals surface area contributed by atoms with Crippen molar-refractivity contribution < 1.29 is 19.4 Å². The number of carboxylic acid groups (broad SMARTS) is 1. The predicted octanol–water partition coefficient (Wildman–Crippen LogP) is 3.75. The van der Waals surface area contributed by atoms with Gasteiger partial charge in [0.1, 0.15) is 5.75 Å². The number of carbonyl (C=O) groups excluding carboxylic acids is 1. The highest BCUT2D eigenvalue weighted by atomic mass is 79.9. The fourth-order valence-electron chi connectivity index (χ4n) is 2.86. The standard InChI is InChI=1S/C20H19BrN2O4/c1-27-16-8-4-13(5-9-16)17-12-18(14-2-6-15(21)7-3-14)23(22-17)19(24)10-11-20(25)26/h2-9,12,18,22H,10-11H2,1H3,(H,25,26). The SMILES string of the molecule is COc1ccc(C2=CC(c3ccc(Br)cc3)N(C(=O)CCC(=O)O)N2)cc1. The van der Waals surface area contributed by atoms with Crippen molar-refractivity contribution in [1.29, 1.82) is 0 Å². The molecule has 1 aliphatic rings. The zero-order chi connectivity index (χ0) is 19.4. The average Bonchev–Trinajstić information content (AvgIpc) is 3.12. The smallest absolute Gasteiger partial charge is 0.303 e. The minimum atomic E-state index is -0.994. The summed E-state index contributed by atoms with van der Waals surface area (Å²) in [4.78, 5) is 23.4. The van der Waals surface area contributed by atoms with Crippen molar-refractivity contribution in [2.45, 2.75) is 18.9 Å². The summed E-state index contributed by atoms with van der Waals surface area (Å²) in [6.45, 7) is 0. The molecule has 0 aromatic heterocycles. The van der Waals surface area contributed by atoms with Crippen LogP contribution in [0.1, 0.15) is 30.0 Å². The number of nitrogens with zero attached hydrogens (tertiary/aromatic N) is 1. The van der Waals surface area contributed by atoms with E-state index in [1.807, 2.05) is 54.6 Å². The molecule has 2 N–H and O–H groups in total. The van der Waals surface area contributed by atoms with Gasteiger partial charge < -0.3 is 9.84 Å². The topological polar surface area (TPSA) is 78.9 Å². The Morgan fingerprint density at radius 1 is 1.11 bits per heavy atom. The number of hydrogen-bond donors (Lipinski definition) is 2. The normalized spacial score (nSPS) is 15.9. The van der Waals surface area contributed by atoms with Crippen LogP contribution < -0.4 is 10.2 Å². The lowest BCUT2D eigenvalue weighted by Gasteiger charge is -2.25. The molecule has 0 saturated heterocycles. The highest BCUT2D eigenvalue weighted by Gasteiger charge is 2.30. The van der Waals surface area contributed by atoms with E-state index in [0.29, 0.717) is 0 Å². The maximum atomic E-state index is 12.6. The van der Waals surface area contributed by atoms with Crippen molar-refractivity contribution in [3.8, 4) is 5.75 Å². The first-order valence-corrected chi connectivity index (χ1v) is 9.19. The van der Waals surface area contributed by atoms with Crippen LogP contribution in [0.2, 0.25) is 0 Å². The molecule has 0 fully saturated rings. The highest BCUT2D eigenvalue weighted by molar-refractivity contribution is 9.10. The van der Waals surface area contributed by atoms with E-state index < -0.39 is 5.97 Å². The van der Waals surface area contributed by atoms with Crippen LogP contribution in [0, 0.1) is 0 Å². The Morgan fingerprint density at radius 3 is 2.37 bits per heavy atom. The minimum absolute atomic E-state index is 0.0703. The fourth-order valence-corrected chi connectivity index (χ4v) is 3.12. The number of hydrazine groups is 1. The highest BCUT2D eigenvalue weighted by Crippen LogP contribution is 2.33. The molecule has 0 saturated carbocycles. The number of nitrogens with one attached hydrogen (secondary N) is 1. The Bertz CT molecular complexity index is 863. The van der Waals surface area contributed by atoms with Crippen LogP contribution in [0.5, 0.6) is 5.75 Å². The molecular weight excluding hydrogens is 412 g/mol. The van der Waals surface area contributed by atoms with Crippen LogP contribution in [0.15, 0.2) is 59.1 Å². The first-order valence-electron chi connectivity index (χ1n) is 8.40. The Labute approximate surface area is 165 Å². The molecule has 1 heterocycles. The summed E-state index contributed by atoms with van der Waals surface area (Å²) in [5, 5.41) is 10.4. The molecule has 7 heteroatoms. The number of rotatable bonds is 6. The Kier molecular flexibility index (Phi) is 5.81. The van der Waals surface area contributed by atoms with Gasteiger partial charge in [-0.3, -0.25) is 15.0 Å². The van der Waals surface area contributed by atoms with Gasteiger partial charge in [0.15, 0.2) is 0 Å². The zero-order valence-corrected chi connectivity index (χ0v) is 16.3. The van der Waals surface area contributed by atoms with Gasteiger partial charge in [0.25, 0.3) is 0 Å². The number of hydrogen-bond acceptors (Lipinski definition) is 4. The van der Waals surface area contributed by atoms with Crippen molar-refractivity contribution in [3.05, 3.63) is 70.2 Å². The number of carbonyl (C=O) groups is 2. The van der Waals surface area contributed by atoms with E-state index in [-0.39, 0.29) is 24.8 Å². The van der Waals surface area contributed by atoms with E-state index >= 15 is 0 Å². The predicted molar refractivity (Wildman–Crippen MR) is 105 cm³/mol. The third-order valence-electron chi connectivity index (χ3n) is 4.28. The molecule has 1 aliphatic heterocycles. The van der Waals surface area contributed by atoms with Gasteiger partial charge in [-0.15, -0.1) is 0 Å². The zero-order valence-electron chi connectivity index (χ0n) is 14.7. The third-order valence-corrected chi connectivity index (χ3v) is 4.81. The molecule has 2 aromatic carbocycles. The maximum absolute atomic E-state index is 12.6. The van der Waals surface area contributed by atoms with Crippen LogP contribution in [0.4, 0.5) is 0 Å². The summed E-state index contributed by atoms with van der Waals surface area (Å²) in [6, 6.07) is 14.9. The number of aliphatic carboxylic acids is 1. The molecule has 6 nitrogen and oxygen atoms in total. The van der Waals surface area contributed by atoms with E-state index in [1.165, 1.54) is 5.01 Å². The second kappa shape index (κ2) is 8.26. The van der Waals surface area contributed by atoms with Crippen molar-refractivity contribution >= 4 is 33.5 Å². The molecule has 0 bridgehead atoms. The van der Waals surface area contributed by atoms with Gasteiger partial charge in [-0.05, 0) is 53.6 Å². The monoisotopic (exact) mass is 430 g/mol. The number of ether oxygens (including phenoxy) is 1. The van der Waals surface area contributed by atoms with E-state index in [2.05, 4.69) is 21.4 Å². The first kappa shape index (κ1) is 19.0. The summed E-state index contributed by atoms with van der Waals surface area (Å²) >= 11 is 3.41. The lowest BCUT2D eigenvalue weighted by atomic mass is 10.0. The summed E-state index contributed by atoms with van der Waals surface area (Å²) in [5.74, 6) is -0.521. The summed E-state index contributed by atoms with van der Waals surface area (Å²) in [5.41, 5.74) is 5.75. The maximum Gasteiger partial charge on any atom is 0.303 e. The molecule has 3 rings (SSSR count). The van der Waals surface area contributed by atoms with Crippen LogP contribution in [0.3, 0.4) is 0 Å². The van der Waals surface area contributed by atoms with Crippen molar-refractivity contribution in [2.75, 3.05) is 7.11 Å². The van der Waals surface area contributed by atoms with Crippen LogP contribution in [-0.2, 0) is 9.59 Å². The molecule has 0 spiro atoms. The van der Waals surface area contributed by atoms with Gasteiger partial charge in [-0.2, -0.15) is 0 Å². The van der Waals surface area contributed by atoms with Crippen molar-refractivity contribution in [3.63, 3.8) is 0 Å². The molecule has 0 aliphatic carbocycles. The fraction of sp³-hybridized carbons (Fsp3) is 0.200. The number of halogens is 1. The van der Waals surface area contributed by atoms with Gasteiger partial charge in [0.05, 0.1) is 25.3 Å². The number of carboxylic acids is 1. The first-order chi connectivity index (χ1) is 13.0. The van der Waals surface area contributed by atoms with Gasteiger partial charge in [0, 0.05) is 10.9 Å². The molecule has 1 amide bonds. The summed E-state index contributed by atoms with van der Waals surface area (Å²) in [6.07, 6.45) is 1.69. The number of methoxy groups -OCH3 is 1. The second-order valence-corrected chi connectivity index (χ2v) is 6.99. The van der Waals surface area contributed by atoms with Crippen molar-refractivity contribution in [1.82, 2.24) is 10.4 Å². The Balaban J connectivity index is 1.89. The molecule has 0 radical (unpaired) electrons. The minimum Gasteiger partial charge on any atom is -0.497 e. The summed E-state index contributed by atoms with van der Waals surface area (Å²) in [7, 11) is 1.61. The largest absolute Gasteiger partial charge is 0.497 e. The average molecular weight is 431 g/mol. The van der Waals surface area contributed by atoms with E-state index in [0.717, 1.165) is 27.0 Å². The van der Waals surface area contributed by atoms with Crippen LogP contribution in [0.25, 0.3) is 5.70 Å². The molecule has 1 unspecified atom stereocenters. The Morgan fingerprint density at radius 2 is 1.78 bits per heavy atom. The molecule has 2 aromatic rings. The van der Waals surface area contributed by atoms with Gasteiger partial charge in [-0.1, -0.05) is 28.1 Å². The lowest BCUT2D eigenvalue weighted by molar-refractivity contribution is -0.142. The van der Waals surface area contributed by atoms with E-state index in [1.54, 1.807) is 7.11 Å². The van der Waals surface area contributed by atoms with Crippen molar-refractivity contribution in [2.24, 2.45) is 0 Å². The van der Waals surface area contributed by atoms with E-state index in [9.17, 15) is 9.59 Å². The second-order valence-electron chi connectivity index (χ2n) is 6.07. The third kappa shape index (κ3) is 4.49. The number of amides is 1. The molecule has 1 atom stereocenters. The molecule has 27 heavy (non-hydrogen) atoms. The molecular formula is C20H19BrN2O4. The van der Waals surface area contributed by atoms with Gasteiger partial charge in [0.2, 0.25) is 5.91 Å². The van der Waals surface area contributed by atoms with Crippen LogP contribution in [-0.4, -0.2) is 29.1 Å². The molecule has 140 valence electrons. The summed E-state index contributed by atoms with van der Waals surface area (Å²) < 4.78 is 6.13. The van der Waals surface area contributed by atoms with E-state index in [4.69, 9.17) is 9.84 Å². The quantitative estimate of drug-likeness (QED) is 0.729. The van der Waals surface area contributed by atoms with Crippen LogP contribution >= 0.6 is 15.9 Å². The lowest BCUT2D eigenvalue weighted by Crippen LogP contribution is -2.39. The van der Waals surface area contributed by atoms with Gasteiger partial charge >= 0.3 is 5.97 Å². The number of benzene rings is 2. The van der Waals surface area contributed by atoms with Gasteiger partial charge in [-0.25, -0.2) is 5.01 Å². The Hall–Kier alpha value is -2.80.